The zero-order valence-electron chi connectivity index (χ0n) is 13.0. The molecule has 124 valence electrons. The Labute approximate surface area is 152 Å². The summed E-state index contributed by atoms with van der Waals surface area (Å²) in [6.07, 6.45) is 0. The highest BCUT2D eigenvalue weighted by atomic mass is 79.9. The van der Waals surface area contributed by atoms with Crippen LogP contribution in [0.4, 0.5) is 11.4 Å². The molecule has 23 heavy (non-hydrogen) atoms. The van der Waals surface area contributed by atoms with E-state index in [-0.39, 0.29) is 5.78 Å². The van der Waals surface area contributed by atoms with Gasteiger partial charge in [-0.15, -0.1) is 0 Å². The Morgan fingerprint density at radius 2 is 1.52 bits per heavy atom. The van der Waals surface area contributed by atoms with E-state index >= 15 is 0 Å². The molecule has 0 radical (unpaired) electrons. The van der Waals surface area contributed by atoms with Crippen molar-refractivity contribution in [2.75, 3.05) is 25.7 Å². The molecule has 5 nitrogen and oxygen atoms in total. The monoisotopic (exact) mass is 444 g/mol. The van der Waals surface area contributed by atoms with Crippen molar-refractivity contribution in [3.05, 3.63) is 44.8 Å². The van der Waals surface area contributed by atoms with E-state index in [1.807, 2.05) is 18.2 Å². The lowest BCUT2D eigenvalue weighted by Gasteiger charge is -2.08. The fraction of sp³-hybridized carbons (Fsp3) is 0.188. The van der Waals surface area contributed by atoms with E-state index in [0.29, 0.717) is 27.2 Å². The summed E-state index contributed by atoms with van der Waals surface area (Å²) < 4.78 is 11.5. The number of carbonyl (C=O) groups is 1. The first-order valence-electron chi connectivity index (χ1n) is 6.54. The summed E-state index contributed by atoms with van der Waals surface area (Å²) in [6.45, 7) is 1.48. The van der Waals surface area contributed by atoms with Gasteiger partial charge in [0.05, 0.1) is 28.9 Å². The first-order chi connectivity index (χ1) is 10.8. The largest absolute Gasteiger partial charge is 0.495 e. The lowest BCUT2D eigenvalue weighted by atomic mass is 10.1. The molecule has 0 aliphatic rings. The Bertz CT molecular complexity index is 706. The van der Waals surface area contributed by atoms with Crippen LogP contribution in [0, 0.1) is 0 Å². The van der Waals surface area contributed by atoms with Crippen molar-refractivity contribution in [2.24, 2.45) is 0 Å². The minimum Gasteiger partial charge on any atom is -0.495 e. The van der Waals surface area contributed by atoms with Gasteiger partial charge in [0.15, 0.2) is 5.78 Å². The molecule has 0 spiro atoms. The first kappa shape index (κ1) is 19.3. The third kappa shape index (κ3) is 4.87. The van der Waals surface area contributed by atoms with Gasteiger partial charge in [-0.1, -0.05) is 6.07 Å². The number of rotatable bonds is 3. The van der Waals surface area contributed by atoms with Crippen molar-refractivity contribution in [1.82, 2.24) is 0 Å². The van der Waals surface area contributed by atoms with E-state index in [0.717, 1.165) is 10.2 Å². The molecule has 0 unspecified atom stereocenters. The van der Waals surface area contributed by atoms with Gasteiger partial charge in [0, 0.05) is 11.3 Å². The number of nitrogen functional groups attached to an aromatic ring is 2. The Morgan fingerprint density at radius 3 is 2.00 bits per heavy atom. The molecule has 7 heteroatoms. The average molecular weight is 446 g/mol. The number of ketones is 1. The number of hydrogen-bond donors (Lipinski definition) is 2. The molecule has 2 aromatic rings. The molecule has 0 saturated heterocycles. The highest BCUT2D eigenvalue weighted by molar-refractivity contribution is 9.11. The second-order valence-corrected chi connectivity index (χ2v) is 6.05. The number of ether oxygens (including phenoxy) is 2. The van der Waals surface area contributed by atoms with Gasteiger partial charge in [-0.25, -0.2) is 0 Å². The molecule has 0 aromatic heterocycles. The smallest absolute Gasteiger partial charge is 0.161 e. The second-order valence-electron chi connectivity index (χ2n) is 4.46. The van der Waals surface area contributed by atoms with Crippen LogP contribution in [0.1, 0.15) is 17.3 Å². The van der Waals surface area contributed by atoms with Gasteiger partial charge in [0.2, 0.25) is 0 Å². The minimum atomic E-state index is -0.0548. The maximum absolute atomic E-state index is 11.1. The molecule has 0 atom stereocenters. The number of Topliss-reactive ketones (excluding diaryl/α,β-unsaturated/α-hetero) is 1. The number of halogens is 2. The minimum absolute atomic E-state index is 0.0548. The lowest BCUT2D eigenvalue weighted by molar-refractivity contribution is 0.101. The van der Waals surface area contributed by atoms with Gasteiger partial charge in [-0.2, -0.15) is 0 Å². The fourth-order valence-electron chi connectivity index (χ4n) is 1.72. The van der Waals surface area contributed by atoms with Crippen LogP contribution in [-0.4, -0.2) is 20.0 Å². The maximum Gasteiger partial charge on any atom is 0.161 e. The van der Waals surface area contributed by atoms with Crippen LogP contribution in [0.3, 0.4) is 0 Å². The Morgan fingerprint density at radius 1 is 0.957 bits per heavy atom. The van der Waals surface area contributed by atoms with E-state index in [1.165, 1.54) is 6.92 Å². The number of anilines is 2. The van der Waals surface area contributed by atoms with Crippen LogP contribution >= 0.6 is 31.9 Å². The first-order valence-corrected chi connectivity index (χ1v) is 8.12. The quantitative estimate of drug-likeness (QED) is 0.543. The van der Waals surface area contributed by atoms with E-state index in [1.54, 1.807) is 26.4 Å². The highest BCUT2D eigenvalue weighted by Crippen LogP contribution is 2.33. The maximum atomic E-state index is 11.1. The van der Waals surface area contributed by atoms with E-state index < -0.39 is 0 Å². The van der Waals surface area contributed by atoms with Gasteiger partial charge in [-0.05, 0) is 63.0 Å². The van der Waals surface area contributed by atoms with E-state index in [9.17, 15) is 4.79 Å². The number of nitrogens with two attached hydrogens (primary N) is 2. The Kier molecular flexibility index (Phi) is 7.38. The van der Waals surface area contributed by atoms with Crippen LogP contribution in [0.15, 0.2) is 39.3 Å². The molecule has 0 saturated carbocycles. The molecular weight excluding hydrogens is 428 g/mol. The van der Waals surface area contributed by atoms with Crippen LogP contribution in [-0.2, 0) is 0 Å². The summed E-state index contributed by atoms with van der Waals surface area (Å²) in [5.74, 6) is 1.34. The molecule has 0 aliphatic carbocycles. The topological polar surface area (TPSA) is 87.6 Å². The van der Waals surface area contributed by atoms with Crippen molar-refractivity contribution >= 4 is 49.0 Å². The second kappa shape index (κ2) is 8.79. The number of methoxy groups -OCH3 is 2. The third-order valence-corrected chi connectivity index (χ3v) is 4.62. The number of carbonyl (C=O) groups excluding carboxylic acids is 1. The molecular formula is C16H18Br2N2O3. The zero-order valence-corrected chi connectivity index (χ0v) is 16.2. The molecule has 0 bridgehead atoms. The fourth-order valence-corrected chi connectivity index (χ4v) is 2.66. The number of benzene rings is 2. The summed E-state index contributed by atoms with van der Waals surface area (Å²) in [4.78, 5) is 11.1. The van der Waals surface area contributed by atoms with Crippen molar-refractivity contribution in [1.29, 1.82) is 0 Å². The molecule has 0 amide bonds. The molecule has 2 rings (SSSR count). The summed E-state index contributed by atoms with van der Waals surface area (Å²) in [6, 6.07) is 8.87. The standard InChI is InChI=1S/C9H10BrNO2.C7H8BrNO/c1-5(12)6-3-4-7(13-2)8(10)9(6)11;1-10-6-4-2-3-5(9)7(6)8/h3-4H,11H2,1-2H3;2-4H,9H2,1H3. The van der Waals surface area contributed by atoms with E-state index in [4.69, 9.17) is 20.9 Å². The van der Waals surface area contributed by atoms with Crippen molar-refractivity contribution in [2.45, 2.75) is 6.92 Å². The summed E-state index contributed by atoms with van der Waals surface area (Å²) in [7, 11) is 3.16. The summed E-state index contributed by atoms with van der Waals surface area (Å²) in [5.41, 5.74) is 12.9. The van der Waals surface area contributed by atoms with Crippen molar-refractivity contribution < 1.29 is 14.3 Å². The highest BCUT2D eigenvalue weighted by Gasteiger charge is 2.11. The van der Waals surface area contributed by atoms with E-state index in [2.05, 4.69) is 31.9 Å². The predicted molar refractivity (Wildman–Crippen MR) is 100 cm³/mol. The molecule has 4 N–H and O–H groups in total. The van der Waals surface area contributed by atoms with Gasteiger partial charge in [0.25, 0.3) is 0 Å². The van der Waals surface area contributed by atoms with Gasteiger partial charge in [0.1, 0.15) is 11.5 Å². The Balaban J connectivity index is 0.000000238. The average Bonchev–Trinajstić information content (AvgIpc) is 2.53. The molecule has 0 fully saturated rings. The molecule has 0 heterocycles. The van der Waals surface area contributed by atoms with Gasteiger partial charge < -0.3 is 20.9 Å². The SMILES string of the molecule is COc1ccc(C(C)=O)c(N)c1Br.COc1cccc(N)c1Br. The summed E-state index contributed by atoms with van der Waals surface area (Å²) in [5, 5.41) is 0. The zero-order chi connectivity index (χ0) is 17.6. The van der Waals surface area contributed by atoms with Crippen molar-refractivity contribution in [3.63, 3.8) is 0 Å². The normalized spacial score (nSPS) is 9.61. The lowest BCUT2D eigenvalue weighted by Crippen LogP contribution is -2.01. The van der Waals surface area contributed by atoms with Crippen LogP contribution < -0.4 is 20.9 Å². The van der Waals surface area contributed by atoms with Gasteiger partial charge in [-0.3, -0.25) is 4.79 Å². The third-order valence-electron chi connectivity index (χ3n) is 2.96. The Hall–Kier alpha value is -1.73. The van der Waals surface area contributed by atoms with Gasteiger partial charge >= 0.3 is 0 Å². The molecule has 0 aliphatic heterocycles. The van der Waals surface area contributed by atoms with Crippen molar-refractivity contribution in [3.8, 4) is 11.5 Å². The van der Waals surface area contributed by atoms with Crippen LogP contribution in [0.25, 0.3) is 0 Å². The van der Waals surface area contributed by atoms with Crippen LogP contribution in [0.5, 0.6) is 11.5 Å². The summed E-state index contributed by atoms with van der Waals surface area (Å²) >= 11 is 6.55. The predicted octanol–water partition coefficient (Wildman–Crippen LogP) is 4.28. The number of hydrogen-bond acceptors (Lipinski definition) is 5. The van der Waals surface area contributed by atoms with Crippen LogP contribution in [0.2, 0.25) is 0 Å². The molecule has 2 aromatic carbocycles.